The maximum Gasteiger partial charge on any atom is 0.416 e. The number of benzene rings is 3. The van der Waals surface area contributed by atoms with Gasteiger partial charge in [-0.15, -0.1) is 0 Å². The van der Waals surface area contributed by atoms with Gasteiger partial charge in [-0.2, -0.15) is 26.3 Å². The summed E-state index contributed by atoms with van der Waals surface area (Å²) in [4.78, 5) is 16.1. The van der Waals surface area contributed by atoms with Gasteiger partial charge < -0.3 is 9.84 Å². The van der Waals surface area contributed by atoms with E-state index in [4.69, 9.17) is 9.84 Å². The van der Waals surface area contributed by atoms with Crippen LogP contribution in [-0.2, 0) is 17.1 Å². The number of halogens is 6. The first-order valence-corrected chi connectivity index (χ1v) is 12.1. The summed E-state index contributed by atoms with van der Waals surface area (Å²) in [5.41, 5.74) is 0.763. The van der Waals surface area contributed by atoms with Crippen molar-refractivity contribution < 1.29 is 41.0 Å². The number of pyridine rings is 1. The highest BCUT2D eigenvalue weighted by Crippen LogP contribution is 2.37. The molecule has 0 amide bonds. The number of hydrogen-bond donors (Lipinski definition) is 1. The van der Waals surface area contributed by atoms with Gasteiger partial charge in [0.2, 0.25) is 0 Å². The number of hydrogen-bond acceptors (Lipinski definition) is 4. The van der Waals surface area contributed by atoms with Crippen molar-refractivity contribution in [3.05, 3.63) is 95.6 Å². The van der Waals surface area contributed by atoms with E-state index in [9.17, 15) is 31.1 Å². The molecule has 0 aliphatic heterocycles. The summed E-state index contributed by atoms with van der Waals surface area (Å²) in [6.45, 7) is 1.24. The molecule has 11 heteroatoms. The lowest BCUT2D eigenvalue weighted by Crippen LogP contribution is -2.09. The van der Waals surface area contributed by atoms with Crippen LogP contribution in [0.4, 0.5) is 26.3 Å². The minimum Gasteiger partial charge on any atom is -0.482 e. The molecule has 4 rings (SSSR count). The molecule has 0 fully saturated rings. The number of alkyl halides is 6. The minimum atomic E-state index is -4.51. The molecule has 1 aromatic heterocycles. The minimum absolute atomic E-state index is 0.335. The molecule has 4 aromatic rings. The Bertz CT molecular complexity index is 1410. The summed E-state index contributed by atoms with van der Waals surface area (Å²) in [6, 6.07) is 17.3. The van der Waals surface area contributed by atoms with Crippen molar-refractivity contribution in [2.45, 2.75) is 29.2 Å². The van der Waals surface area contributed by atoms with Gasteiger partial charge in [0.25, 0.3) is 0 Å². The van der Waals surface area contributed by atoms with Crippen molar-refractivity contribution >= 4 is 17.7 Å². The Morgan fingerprint density at radius 1 is 0.795 bits per heavy atom. The Kier molecular flexibility index (Phi) is 7.91. The van der Waals surface area contributed by atoms with Crippen LogP contribution in [0.25, 0.3) is 22.4 Å². The number of carbonyl (C=O) groups is 1. The molecule has 0 saturated carbocycles. The van der Waals surface area contributed by atoms with E-state index >= 15 is 0 Å². The average molecular weight is 564 g/mol. The molecule has 0 unspecified atom stereocenters. The summed E-state index contributed by atoms with van der Waals surface area (Å²) >= 11 is 1.22. The predicted molar refractivity (Wildman–Crippen MR) is 134 cm³/mol. The van der Waals surface area contributed by atoms with Gasteiger partial charge in [0, 0.05) is 10.5 Å². The molecule has 0 saturated heterocycles. The summed E-state index contributed by atoms with van der Waals surface area (Å²) < 4.78 is 83.5. The molecule has 0 aliphatic carbocycles. The zero-order valence-corrected chi connectivity index (χ0v) is 20.9. The number of carboxylic acid groups (broad SMARTS) is 1. The Labute approximate surface area is 223 Å². The van der Waals surface area contributed by atoms with Crippen molar-refractivity contribution in [2.24, 2.45) is 0 Å². The van der Waals surface area contributed by atoms with E-state index in [-0.39, 0.29) is 0 Å². The van der Waals surface area contributed by atoms with Crippen LogP contribution in [0, 0.1) is 6.92 Å². The number of aryl methyl sites for hydroxylation is 1. The van der Waals surface area contributed by atoms with Crippen molar-refractivity contribution in [3.63, 3.8) is 0 Å². The Hall–Kier alpha value is -3.99. The molecular weight excluding hydrogens is 544 g/mol. The first kappa shape index (κ1) is 28.0. The topological polar surface area (TPSA) is 59.4 Å². The highest BCUT2D eigenvalue weighted by atomic mass is 32.2. The van der Waals surface area contributed by atoms with Crippen molar-refractivity contribution in [2.75, 3.05) is 6.61 Å². The molecule has 202 valence electrons. The lowest BCUT2D eigenvalue weighted by molar-refractivity contribution is -0.139. The molecule has 0 aliphatic rings. The average Bonchev–Trinajstić information content (AvgIpc) is 2.87. The molecule has 4 nitrogen and oxygen atoms in total. The van der Waals surface area contributed by atoms with E-state index in [1.54, 1.807) is 37.3 Å². The number of aliphatic carboxylic acids is 1. The van der Waals surface area contributed by atoms with Crippen LogP contribution >= 0.6 is 11.8 Å². The SMILES string of the molecule is Cc1cc(Sc2cc(-c3ccc(C(F)(F)F)cc3)cc(-c3ccc(C(F)(F)F)cc3)n2)ccc1OCC(=O)O. The van der Waals surface area contributed by atoms with Gasteiger partial charge in [0.1, 0.15) is 10.8 Å². The third-order valence-electron chi connectivity index (χ3n) is 5.58. The fourth-order valence-electron chi connectivity index (χ4n) is 3.66. The number of carboxylic acids is 1. The molecule has 0 radical (unpaired) electrons. The fraction of sp³-hybridized carbons (Fsp3) is 0.143. The maximum absolute atomic E-state index is 13.0. The molecular formula is C28H19F6NO3S. The molecule has 0 atom stereocenters. The second kappa shape index (κ2) is 11.0. The number of nitrogens with zero attached hydrogens (tertiary/aromatic N) is 1. The Balaban J connectivity index is 1.72. The third kappa shape index (κ3) is 7.11. The van der Waals surface area contributed by atoms with Crippen LogP contribution in [-0.4, -0.2) is 22.7 Å². The second-order valence-corrected chi connectivity index (χ2v) is 9.54. The van der Waals surface area contributed by atoms with E-state index in [0.29, 0.717) is 43.6 Å². The van der Waals surface area contributed by atoms with Gasteiger partial charge in [-0.1, -0.05) is 36.0 Å². The van der Waals surface area contributed by atoms with Crippen LogP contribution in [0.3, 0.4) is 0 Å². The van der Waals surface area contributed by atoms with Crippen LogP contribution < -0.4 is 4.74 Å². The monoisotopic (exact) mass is 563 g/mol. The number of ether oxygens (including phenoxy) is 1. The van der Waals surface area contributed by atoms with Crippen LogP contribution in [0.1, 0.15) is 16.7 Å². The van der Waals surface area contributed by atoms with Crippen LogP contribution in [0.2, 0.25) is 0 Å². The molecule has 0 bridgehead atoms. The molecule has 3 aromatic carbocycles. The van der Waals surface area contributed by atoms with E-state index < -0.39 is 36.1 Å². The van der Waals surface area contributed by atoms with E-state index in [1.165, 1.54) is 36.0 Å². The molecule has 39 heavy (non-hydrogen) atoms. The zero-order chi connectivity index (χ0) is 28.4. The Morgan fingerprint density at radius 3 is 1.87 bits per heavy atom. The smallest absolute Gasteiger partial charge is 0.416 e. The summed E-state index contributed by atoms with van der Waals surface area (Å²) in [7, 11) is 0. The zero-order valence-electron chi connectivity index (χ0n) is 20.1. The summed E-state index contributed by atoms with van der Waals surface area (Å²) in [6.07, 6.45) is -9.01. The summed E-state index contributed by atoms with van der Waals surface area (Å²) in [5, 5.41) is 9.26. The quantitative estimate of drug-likeness (QED) is 0.229. The first-order chi connectivity index (χ1) is 18.3. The third-order valence-corrected chi connectivity index (χ3v) is 6.48. The Morgan fingerprint density at radius 2 is 1.36 bits per heavy atom. The van der Waals surface area contributed by atoms with Crippen LogP contribution in [0.5, 0.6) is 5.75 Å². The lowest BCUT2D eigenvalue weighted by atomic mass is 10.0. The maximum atomic E-state index is 13.0. The predicted octanol–water partition coefficient (Wildman–Crippen LogP) is 8.38. The first-order valence-electron chi connectivity index (χ1n) is 11.3. The van der Waals surface area contributed by atoms with Gasteiger partial charge >= 0.3 is 18.3 Å². The van der Waals surface area contributed by atoms with Crippen molar-refractivity contribution in [1.29, 1.82) is 0 Å². The van der Waals surface area contributed by atoms with E-state index in [2.05, 4.69) is 4.98 Å². The molecule has 0 spiro atoms. The lowest BCUT2D eigenvalue weighted by Gasteiger charge is -2.13. The largest absolute Gasteiger partial charge is 0.482 e. The number of rotatable bonds is 7. The van der Waals surface area contributed by atoms with E-state index in [0.717, 1.165) is 24.3 Å². The highest BCUT2D eigenvalue weighted by molar-refractivity contribution is 7.99. The van der Waals surface area contributed by atoms with Gasteiger partial charge in [-0.05, 0) is 78.2 Å². The number of aromatic nitrogens is 1. The van der Waals surface area contributed by atoms with Crippen LogP contribution in [0.15, 0.2) is 88.8 Å². The van der Waals surface area contributed by atoms with Gasteiger partial charge in [0.05, 0.1) is 16.8 Å². The van der Waals surface area contributed by atoms with Gasteiger partial charge in [-0.3, -0.25) is 0 Å². The van der Waals surface area contributed by atoms with Gasteiger partial charge in [0.15, 0.2) is 6.61 Å². The molecule has 1 N–H and O–H groups in total. The summed E-state index contributed by atoms with van der Waals surface area (Å²) in [5.74, 6) is -0.730. The van der Waals surface area contributed by atoms with Crippen molar-refractivity contribution in [3.8, 4) is 28.1 Å². The van der Waals surface area contributed by atoms with E-state index in [1.807, 2.05) is 0 Å². The second-order valence-electron chi connectivity index (χ2n) is 8.44. The molecule has 1 heterocycles. The highest BCUT2D eigenvalue weighted by Gasteiger charge is 2.31. The standard InChI is InChI=1S/C28H19F6NO3S/c1-16-12-22(10-11-24(16)38-15-26(36)37)39-25-14-19(17-2-6-20(7-3-17)27(29,30)31)13-23(35-25)18-4-8-21(9-5-18)28(32,33)34/h2-14H,15H2,1H3,(H,36,37). The van der Waals surface area contributed by atoms with Crippen molar-refractivity contribution in [1.82, 2.24) is 4.98 Å². The van der Waals surface area contributed by atoms with Gasteiger partial charge in [-0.25, -0.2) is 9.78 Å². The normalized spacial score (nSPS) is 11.9. The fourth-order valence-corrected chi connectivity index (χ4v) is 4.60.